The molecule has 0 bridgehead atoms. The van der Waals surface area contributed by atoms with Gasteiger partial charge in [-0.2, -0.15) is 13.2 Å². The second-order valence-corrected chi connectivity index (χ2v) is 4.00. The minimum atomic E-state index is -4.22. The van der Waals surface area contributed by atoms with Crippen molar-refractivity contribution in [3.63, 3.8) is 0 Å². The van der Waals surface area contributed by atoms with Gasteiger partial charge in [-0.15, -0.1) is 0 Å². The summed E-state index contributed by atoms with van der Waals surface area (Å²) in [6.45, 7) is 4.21. The molecule has 0 aromatic carbocycles. The highest BCUT2D eigenvalue weighted by atomic mass is 19.4. The molecule has 0 saturated heterocycles. The third-order valence-electron chi connectivity index (χ3n) is 2.43. The molecule has 1 N–H and O–H groups in total. The van der Waals surface area contributed by atoms with Crippen molar-refractivity contribution in [3.05, 3.63) is 11.9 Å². The maximum atomic E-state index is 12.1. The summed E-state index contributed by atoms with van der Waals surface area (Å²) in [5, 5.41) is 3.11. The first-order valence-electron chi connectivity index (χ1n) is 6.25. The molecule has 0 saturated carbocycles. The quantitative estimate of drug-likeness (QED) is 0.831. The van der Waals surface area contributed by atoms with Crippen LogP contribution < -0.4 is 10.1 Å². The summed E-state index contributed by atoms with van der Waals surface area (Å²) in [7, 11) is 0. The van der Waals surface area contributed by atoms with Crippen molar-refractivity contribution in [2.75, 3.05) is 18.5 Å². The molecule has 0 fully saturated rings. The summed E-state index contributed by atoms with van der Waals surface area (Å²) in [4.78, 5) is 7.98. The predicted octanol–water partition coefficient (Wildman–Crippen LogP) is 3.19. The van der Waals surface area contributed by atoms with Crippen molar-refractivity contribution in [1.29, 1.82) is 0 Å². The minimum Gasteiger partial charge on any atom is -0.477 e. The number of nitrogens with zero attached hydrogens (tertiary/aromatic N) is 2. The van der Waals surface area contributed by atoms with E-state index in [2.05, 4.69) is 15.3 Å². The van der Waals surface area contributed by atoms with E-state index in [1.807, 2.05) is 13.8 Å². The van der Waals surface area contributed by atoms with Gasteiger partial charge in [0.2, 0.25) is 5.88 Å². The molecule has 0 aliphatic carbocycles. The number of anilines is 1. The standard InChI is InChI=1S/C12H18F3N3O/c1-3-6-16-10-9(4-2)11(18-8-17-10)19-7-5-12(13,14)15/h8H,3-7H2,1-2H3,(H,16,17,18). The van der Waals surface area contributed by atoms with E-state index >= 15 is 0 Å². The van der Waals surface area contributed by atoms with Crippen LogP contribution in [-0.4, -0.2) is 29.3 Å². The van der Waals surface area contributed by atoms with Gasteiger partial charge in [-0.05, 0) is 12.8 Å². The lowest BCUT2D eigenvalue weighted by molar-refractivity contribution is -0.139. The van der Waals surface area contributed by atoms with Gasteiger partial charge in [0.15, 0.2) is 0 Å². The zero-order chi connectivity index (χ0) is 14.3. The van der Waals surface area contributed by atoms with E-state index in [0.29, 0.717) is 17.8 Å². The summed E-state index contributed by atoms with van der Waals surface area (Å²) in [5.74, 6) is 0.849. The van der Waals surface area contributed by atoms with Crippen molar-refractivity contribution in [2.24, 2.45) is 0 Å². The molecule has 0 radical (unpaired) electrons. The van der Waals surface area contributed by atoms with E-state index < -0.39 is 19.2 Å². The Balaban J connectivity index is 2.71. The van der Waals surface area contributed by atoms with Crippen LogP contribution in [0.5, 0.6) is 5.88 Å². The van der Waals surface area contributed by atoms with Crippen LogP contribution in [0.4, 0.5) is 19.0 Å². The largest absolute Gasteiger partial charge is 0.477 e. The van der Waals surface area contributed by atoms with E-state index in [-0.39, 0.29) is 5.88 Å². The number of alkyl halides is 3. The molecule has 1 rings (SSSR count). The second-order valence-electron chi connectivity index (χ2n) is 4.00. The van der Waals surface area contributed by atoms with Crippen molar-refractivity contribution in [2.45, 2.75) is 39.3 Å². The van der Waals surface area contributed by atoms with Gasteiger partial charge < -0.3 is 10.1 Å². The van der Waals surface area contributed by atoms with Crippen molar-refractivity contribution < 1.29 is 17.9 Å². The Hall–Kier alpha value is -1.53. The van der Waals surface area contributed by atoms with E-state index in [9.17, 15) is 13.2 Å². The first kappa shape index (κ1) is 15.5. The maximum absolute atomic E-state index is 12.1. The van der Waals surface area contributed by atoms with Crippen LogP contribution in [0.25, 0.3) is 0 Å². The van der Waals surface area contributed by atoms with Crippen LogP contribution in [0.15, 0.2) is 6.33 Å². The number of aromatic nitrogens is 2. The third-order valence-corrected chi connectivity index (χ3v) is 2.43. The van der Waals surface area contributed by atoms with E-state index in [1.54, 1.807) is 0 Å². The highest BCUT2D eigenvalue weighted by molar-refractivity contribution is 5.48. The minimum absolute atomic E-state index is 0.223. The highest BCUT2D eigenvalue weighted by Gasteiger charge is 2.27. The molecule has 0 spiro atoms. The molecule has 1 aromatic rings. The normalized spacial score (nSPS) is 11.4. The van der Waals surface area contributed by atoms with Crippen LogP contribution in [0.3, 0.4) is 0 Å². The van der Waals surface area contributed by atoms with Crippen LogP contribution in [0.1, 0.15) is 32.3 Å². The summed E-state index contributed by atoms with van der Waals surface area (Å²) < 4.78 is 41.3. The van der Waals surface area contributed by atoms with Gasteiger partial charge in [-0.1, -0.05) is 13.8 Å². The Morgan fingerprint density at radius 1 is 1.26 bits per heavy atom. The smallest absolute Gasteiger partial charge is 0.392 e. The molecule has 4 nitrogen and oxygen atoms in total. The lowest BCUT2D eigenvalue weighted by atomic mass is 10.2. The molecule has 0 amide bonds. The average molecular weight is 277 g/mol. The van der Waals surface area contributed by atoms with Gasteiger partial charge in [0.1, 0.15) is 12.1 Å². The van der Waals surface area contributed by atoms with Gasteiger partial charge >= 0.3 is 6.18 Å². The van der Waals surface area contributed by atoms with Gasteiger partial charge in [-0.3, -0.25) is 0 Å². The summed E-state index contributed by atoms with van der Waals surface area (Å²) in [6.07, 6.45) is -2.40. The van der Waals surface area contributed by atoms with Gasteiger partial charge in [0.05, 0.1) is 18.6 Å². The Morgan fingerprint density at radius 2 is 2.00 bits per heavy atom. The van der Waals surface area contributed by atoms with Gasteiger partial charge in [-0.25, -0.2) is 9.97 Å². The Morgan fingerprint density at radius 3 is 2.58 bits per heavy atom. The third kappa shape index (κ3) is 5.32. The number of nitrogens with one attached hydrogen (secondary N) is 1. The fraction of sp³-hybridized carbons (Fsp3) is 0.667. The molecule has 0 unspecified atom stereocenters. The Bertz CT molecular complexity index is 396. The Labute approximate surface area is 110 Å². The topological polar surface area (TPSA) is 47.0 Å². The van der Waals surface area contributed by atoms with E-state index in [4.69, 9.17) is 4.74 Å². The number of rotatable bonds is 7. The lowest BCUT2D eigenvalue weighted by Crippen LogP contribution is -2.15. The first-order valence-corrected chi connectivity index (χ1v) is 6.25. The molecule has 19 heavy (non-hydrogen) atoms. The summed E-state index contributed by atoms with van der Waals surface area (Å²) in [6, 6.07) is 0. The molecule has 1 aromatic heterocycles. The van der Waals surface area contributed by atoms with Crippen molar-refractivity contribution >= 4 is 5.82 Å². The molecule has 1 heterocycles. The SMILES string of the molecule is CCCNc1ncnc(OCCC(F)(F)F)c1CC. The number of hydrogen-bond donors (Lipinski definition) is 1. The monoisotopic (exact) mass is 277 g/mol. The molecule has 0 atom stereocenters. The molecule has 0 aliphatic rings. The highest BCUT2D eigenvalue weighted by Crippen LogP contribution is 2.24. The number of hydrogen-bond acceptors (Lipinski definition) is 4. The van der Waals surface area contributed by atoms with Crippen molar-refractivity contribution in [1.82, 2.24) is 9.97 Å². The van der Waals surface area contributed by atoms with E-state index in [0.717, 1.165) is 13.0 Å². The molecule has 108 valence electrons. The molecular weight excluding hydrogens is 259 g/mol. The zero-order valence-corrected chi connectivity index (χ0v) is 11.0. The predicted molar refractivity (Wildman–Crippen MR) is 66.4 cm³/mol. The average Bonchev–Trinajstić information content (AvgIpc) is 2.34. The van der Waals surface area contributed by atoms with Crippen LogP contribution in [0, 0.1) is 0 Å². The van der Waals surface area contributed by atoms with E-state index in [1.165, 1.54) is 6.33 Å². The number of ether oxygens (including phenoxy) is 1. The zero-order valence-electron chi connectivity index (χ0n) is 11.0. The molecule has 7 heteroatoms. The molecule has 0 aliphatic heterocycles. The maximum Gasteiger partial charge on any atom is 0.392 e. The first-order chi connectivity index (χ1) is 8.98. The van der Waals surface area contributed by atoms with Crippen LogP contribution in [-0.2, 0) is 6.42 Å². The fourth-order valence-electron chi connectivity index (χ4n) is 1.50. The number of halogens is 3. The lowest BCUT2D eigenvalue weighted by Gasteiger charge is -2.14. The molecular formula is C12H18F3N3O. The van der Waals surface area contributed by atoms with Crippen LogP contribution in [0.2, 0.25) is 0 Å². The second kappa shape index (κ2) is 7.16. The van der Waals surface area contributed by atoms with Crippen LogP contribution >= 0.6 is 0 Å². The van der Waals surface area contributed by atoms with Gasteiger partial charge in [0.25, 0.3) is 0 Å². The van der Waals surface area contributed by atoms with Gasteiger partial charge in [0, 0.05) is 6.54 Å². The summed E-state index contributed by atoms with van der Waals surface area (Å²) in [5.41, 5.74) is 0.707. The Kier molecular flexibility index (Phi) is 5.85. The summed E-state index contributed by atoms with van der Waals surface area (Å²) >= 11 is 0. The fourth-order valence-corrected chi connectivity index (χ4v) is 1.50. The van der Waals surface area contributed by atoms with Crippen molar-refractivity contribution in [3.8, 4) is 5.88 Å².